The van der Waals surface area contributed by atoms with Crippen molar-refractivity contribution < 1.29 is 9.18 Å². The minimum Gasteiger partial charge on any atom is -0.306 e. The first kappa shape index (κ1) is 15.5. The minimum atomic E-state index is -0.309. The number of carbonyl (C=O) groups is 1. The van der Waals surface area contributed by atoms with Crippen molar-refractivity contribution in [3.05, 3.63) is 64.9 Å². The van der Waals surface area contributed by atoms with Gasteiger partial charge in [-0.1, -0.05) is 30.7 Å². The Bertz CT molecular complexity index is 743. The zero-order chi connectivity index (χ0) is 16.4. The van der Waals surface area contributed by atoms with Crippen LogP contribution in [0.25, 0.3) is 0 Å². The molecule has 2 aromatic carbocycles. The SMILES string of the molecule is CC1CN(C(=O)Nc2ccc(Cl)cc2)N=C1c1ccc(F)cc1. The predicted octanol–water partition coefficient (Wildman–Crippen LogP) is 4.37. The number of benzene rings is 2. The number of anilines is 1. The molecule has 6 heteroatoms. The maximum absolute atomic E-state index is 13.0. The average Bonchev–Trinajstić information content (AvgIpc) is 2.92. The molecule has 118 valence electrons. The van der Waals surface area contributed by atoms with Crippen LogP contribution in [0.15, 0.2) is 53.6 Å². The van der Waals surface area contributed by atoms with Gasteiger partial charge in [-0.3, -0.25) is 0 Å². The second kappa shape index (κ2) is 6.38. The molecule has 1 aliphatic heterocycles. The van der Waals surface area contributed by atoms with E-state index in [1.54, 1.807) is 36.4 Å². The number of urea groups is 1. The van der Waals surface area contributed by atoms with Crippen LogP contribution in [0.2, 0.25) is 5.02 Å². The lowest BCUT2D eigenvalue weighted by Crippen LogP contribution is -2.30. The maximum atomic E-state index is 13.0. The number of hydrogen-bond acceptors (Lipinski definition) is 2. The van der Waals surface area contributed by atoms with Crippen molar-refractivity contribution in [2.45, 2.75) is 6.92 Å². The Hall–Kier alpha value is -2.40. The summed E-state index contributed by atoms with van der Waals surface area (Å²) in [6.45, 7) is 2.46. The molecule has 2 aromatic rings. The molecule has 0 aromatic heterocycles. The first-order valence-electron chi connectivity index (χ1n) is 7.21. The van der Waals surface area contributed by atoms with Gasteiger partial charge in [-0.2, -0.15) is 5.10 Å². The third-order valence-corrected chi connectivity index (χ3v) is 3.86. The van der Waals surface area contributed by atoms with Crippen LogP contribution in [0.5, 0.6) is 0 Å². The van der Waals surface area contributed by atoms with Crippen molar-refractivity contribution in [1.29, 1.82) is 0 Å². The van der Waals surface area contributed by atoms with Gasteiger partial charge >= 0.3 is 6.03 Å². The Morgan fingerprint density at radius 1 is 1.22 bits per heavy atom. The van der Waals surface area contributed by atoms with E-state index in [0.29, 0.717) is 17.3 Å². The van der Waals surface area contributed by atoms with Gasteiger partial charge in [-0.05, 0) is 42.0 Å². The van der Waals surface area contributed by atoms with Crippen LogP contribution in [0.1, 0.15) is 12.5 Å². The molecule has 0 radical (unpaired) electrons. The third-order valence-electron chi connectivity index (χ3n) is 3.61. The lowest BCUT2D eigenvalue weighted by Gasteiger charge is -2.13. The fraction of sp³-hybridized carbons (Fsp3) is 0.176. The topological polar surface area (TPSA) is 44.7 Å². The maximum Gasteiger partial charge on any atom is 0.342 e. The number of hydrazone groups is 1. The van der Waals surface area contributed by atoms with Crippen LogP contribution in [0.3, 0.4) is 0 Å². The highest BCUT2D eigenvalue weighted by Gasteiger charge is 2.28. The van der Waals surface area contributed by atoms with Gasteiger partial charge in [0.1, 0.15) is 5.82 Å². The van der Waals surface area contributed by atoms with Crippen molar-refractivity contribution in [3.8, 4) is 0 Å². The van der Waals surface area contributed by atoms with Crippen molar-refractivity contribution >= 4 is 29.0 Å². The summed E-state index contributed by atoms with van der Waals surface area (Å²) in [5.41, 5.74) is 2.24. The summed E-state index contributed by atoms with van der Waals surface area (Å²) < 4.78 is 13.0. The molecule has 0 aliphatic carbocycles. The van der Waals surface area contributed by atoms with Crippen molar-refractivity contribution in [1.82, 2.24) is 5.01 Å². The molecule has 1 unspecified atom stereocenters. The van der Waals surface area contributed by atoms with Gasteiger partial charge in [0, 0.05) is 16.6 Å². The van der Waals surface area contributed by atoms with E-state index in [1.165, 1.54) is 17.1 Å². The standard InChI is InChI=1S/C17H15ClFN3O/c1-11-10-22(17(23)20-15-8-4-13(18)5-9-15)21-16(11)12-2-6-14(19)7-3-12/h2-9,11H,10H2,1H3,(H,20,23). The lowest BCUT2D eigenvalue weighted by molar-refractivity contribution is 0.216. The first-order valence-corrected chi connectivity index (χ1v) is 7.59. The van der Waals surface area contributed by atoms with E-state index in [-0.39, 0.29) is 17.8 Å². The Morgan fingerprint density at radius 2 is 1.87 bits per heavy atom. The van der Waals surface area contributed by atoms with E-state index in [1.807, 2.05) is 6.92 Å². The quantitative estimate of drug-likeness (QED) is 0.872. The van der Waals surface area contributed by atoms with Crippen LogP contribution < -0.4 is 5.32 Å². The van der Waals surface area contributed by atoms with Crippen molar-refractivity contribution in [2.75, 3.05) is 11.9 Å². The highest BCUT2D eigenvalue weighted by atomic mass is 35.5. The summed E-state index contributed by atoms with van der Waals surface area (Å²) in [7, 11) is 0. The number of hydrogen-bond donors (Lipinski definition) is 1. The number of nitrogens with one attached hydrogen (secondary N) is 1. The summed E-state index contributed by atoms with van der Waals surface area (Å²) in [5.74, 6) is -0.214. The van der Waals surface area contributed by atoms with E-state index in [4.69, 9.17) is 11.6 Å². The highest BCUT2D eigenvalue weighted by Crippen LogP contribution is 2.21. The Kier molecular flexibility index (Phi) is 4.30. The van der Waals surface area contributed by atoms with Gasteiger partial charge in [0.05, 0.1) is 12.3 Å². The molecule has 0 bridgehead atoms. The Labute approximate surface area is 138 Å². The van der Waals surface area contributed by atoms with Crippen LogP contribution in [-0.4, -0.2) is 23.3 Å². The monoisotopic (exact) mass is 331 g/mol. The average molecular weight is 332 g/mol. The van der Waals surface area contributed by atoms with Gasteiger partial charge in [0.15, 0.2) is 0 Å². The van der Waals surface area contributed by atoms with Gasteiger partial charge in [-0.15, -0.1) is 0 Å². The number of amides is 2. The largest absolute Gasteiger partial charge is 0.342 e. The fourth-order valence-electron chi connectivity index (χ4n) is 2.43. The third kappa shape index (κ3) is 3.51. The normalized spacial score (nSPS) is 17.1. The number of halogens is 2. The van der Waals surface area contributed by atoms with Gasteiger partial charge in [-0.25, -0.2) is 14.2 Å². The van der Waals surface area contributed by atoms with E-state index in [0.717, 1.165) is 11.3 Å². The summed E-state index contributed by atoms with van der Waals surface area (Å²) in [5, 5.41) is 9.14. The van der Waals surface area contributed by atoms with Gasteiger partial charge < -0.3 is 5.32 Å². The van der Waals surface area contributed by atoms with Crippen molar-refractivity contribution in [2.24, 2.45) is 11.0 Å². The molecule has 0 saturated heterocycles. The molecule has 23 heavy (non-hydrogen) atoms. The number of nitrogens with zero attached hydrogens (tertiary/aromatic N) is 2. The first-order chi connectivity index (χ1) is 11.0. The molecule has 4 nitrogen and oxygen atoms in total. The van der Waals surface area contributed by atoms with Gasteiger partial charge in [0.25, 0.3) is 0 Å². The summed E-state index contributed by atoms with van der Waals surface area (Å²) in [6.07, 6.45) is 0. The predicted molar refractivity (Wildman–Crippen MR) is 89.3 cm³/mol. The minimum absolute atomic E-state index is 0.0800. The molecule has 1 aliphatic rings. The second-order valence-electron chi connectivity index (χ2n) is 5.41. The van der Waals surface area contributed by atoms with Crippen LogP contribution in [0.4, 0.5) is 14.9 Å². The summed E-state index contributed by atoms with van der Waals surface area (Å²) in [6, 6.07) is 12.7. The van der Waals surface area contributed by atoms with Crippen LogP contribution in [-0.2, 0) is 0 Å². The zero-order valence-electron chi connectivity index (χ0n) is 12.5. The second-order valence-corrected chi connectivity index (χ2v) is 5.85. The molecular weight excluding hydrogens is 317 g/mol. The van der Waals surface area contributed by atoms with Crippen molar-refractivity contribution in [3.63, 3.8) is 0 Å². The Balaban J connectivity index is 1.74. The van der Waals surface area contributed by atoms with Crippen LogP contribution >= 0.6 is 11.6 Å². The fourth-order valence-corrected chi connectivity index (χ4v) is 2.55. The molecular formula is C17H15ClFN3O. The summed E-state index contributed by atoms with van der Waals surface area (Å²) in [4.78, 5) is 12.3. The molecule has 0 saturated carbocycles. The van der Waals surface area contributed by atoms with E-state index in [2.05, 4.69) is 10.4 Å². The molecule has 2 amide bonds. The lowest BCUT2D eigenvalue weighted by atomic mass is 9.99. The Morgan fingerprint density at radius 3 is 2.52 bits per heavy atom. The van der Waals surface area contributed by atoms with E-state index in [9.17, 15) is 9.18 Å². The van der Waals surface area contributed by atoms with E-state index < -0.39 is 0 Å². The molecule has 0 fully saturated rings. The number of carbonyl (C=O) groups excluding carboxylic acids is 1. The van der Waals surface area contributed by atoms with E-state index >= 15 is 0 Å². The molecule has 0 spiro atoms. The summed E-state index contributed by atoms with van der Waals surface area (Å²) >= 11 is 5.82. The van der Waals surface area contributed by atoms with Gasteiger partial charge in [0.2, 0.25) is 0 Å². The highest BCUT2D eigenvalue weighted by molar-refractivity contribution is 6.30. The molecule has 1 heterocycles. The molecule has 1 N–H and O–H groups in total. The molecule has 1 atom stereocenters. The van der Waals surface area contributed by atoms with Crippen LogP contribution in [0, 0.1) is 11.7 Å². The number of rotatable bonds is 2. The smallest absolute Gasteiger partial charge is 0.306 e. The molecule has 3 rings (SSSR count). The zero-order valence-corrected chi connectivity index (χ0v) is 13.2.